The van der Waals surface area contributed by atoms with Crippen molar-refractivity contribution in [1.82, 2.24) is 10.2 Å². The largest absolute Gasteiger partial charge is 0.354 e. The van der Waals surface area contributed by atoms with Crippen molar-refractivity contribution >= 4 is 39.1 Å². The summed E-state index contributed by atoms with van der Waals surface area (Å²) < 4.78 is 26.4. The Kier molecular flexibility index (Phi) is 11.8. The van der Waals surface area contributed by atoms with Gasteiger partial charge in [-0.1, -0.05) is 85.6 Å². The van der Waals surface area contributed by atoms with E-state index in [1.54, 1.807) is 29.2 Å². The zero-order chi connectivity index (χ0) is 30.0. The second-order valence-electron chi connectivity index (χ2n) is 10.8. The van der Waals surface area contributed by atoms with Crippen LogP contribution in [0.1, 0.15) is 43.4 Å². The maximum atomic E-state index is 13.9. The third-order valence-corrected chi connectivity index (χ3v) is 8.14. The first kappa shape index (κ1) is 32.2. The van der Waals surface area contributed by atoms with E-state index in [4.69, 9.17) is 11.6 Å². The molecule has 0 aliphatic carbocycles. The minimum atomic E-state index is -3.59. The lowest BCUT2D eigenvalue weighted by atomic mass is 10.0. The minimum absolute atomic E-state index is 0.0776. The molecule has 2 amide bonds. The molecule has 0 aliphatic rings. The van der Waals surface area contributed by atoms with Gasteiger partial charge in [0.1, 0.15) is 6.04 Å². The molecule has 0 radical (unpaired) electrons. The Morgan fingerprint density at radius 3 is 2.12 bits per heavy atom. The Morgan fingerprint density at radius 1 is 0.902 bits per heavy atom. The molecule has 3 aromatic carbocycles. The van der Waals surface area contributed by atoms with Gasteiger partial charge in [0.2, 0.25) is 21.8 Å². The quantitative estimate of drug-likeness (QED) is 0.262. The number of anilines is 1. The summed E-state index contributed by atoms with van der Waals surface area (Å²) in [5.74, 6) is -0.162. The molecule has 1 atom stereocenters. The summed E-state index contributed by atoms with van der Waals surface area (Å²) in [5.41, 5.74) is 3.45. The van der Waals surface area contributed by atoms with Gasteiger partial charge in [0.05, 0.1) is 11.9 Å². The Morgan fingerprint density at radius 2 is 1.54 bits per heavy atom. The van der Waals surface area contributed by atoms with Crippen LogP contribution in [-0.4, -0.2) is 50.5 Å². The molecular formula is C32H40ClN3O4S. The molecule has 3 aromatic rings. The van der Waals surface area contributed by atoms with Gasteiger partial charge in [-0.25, -0.2) is 8.42 Å². The zero-order valence-electron chi connectivity index (χ0n) is 24.2. The van der Waals surface area contributed by atoms with E-state index in [2.05, 4.69) is 5.32 Å². The molecule has 0 saturated heterocycles. The number of rotatable bonds is 14. The van der Waals surface area contributed by atoms with E-state index in [1.165, 1.54) is 4.31 Å². The van der Waals surface area contributed by atoms with E-state index in [0.29, 0.717) is 23.7 Å². The molecular weight excluding hydrogens is 558 g/mol. The molecule has 41 heavy (non-hydrogen) atoms. The zero-order valence-corrected chi connectivity index (χ0v) is 25.8. The Bertz CT molecular complexity index is 1380. The van der Waals surface area contributed by atoms with Gasteiger partial charge in [0.25, 0.3) is 0 Å². The molecule has 220 valence electrons. The van der Waals surface area contributed by atoms with Crippen LogP contribution in [0.2, 0.25) is 5.02 Å². The summed E-state index contributed by atoms with van der Waals surface area (Å²) in [6, 6.07) is 23.4. The van der Waals surface area contributed by atoms with Crippen molar-refractivity contribution in [1.29, 1.82) is 0 Å². The highest BCUT2D eigenvalue weighted by molar-refractivity contribution is 7.92. The Balaban J connectivity index is 1.87. The summed E-state index contributed by atoms with van der Waals surface area (Å²) in [4.78, 5) is 29.1. The smallest absolute Gasteiger partial charge is 0.243 e. The topological polar surface area (TPSA) is 86.8 Å². The summed E-state index contributed by atoms with van der Waals surface area (Å²) in [5, 5.41) is 3.53. The van der Waals surface area contributed by atoms with Gasteiger partial charge in [0.15, 0.2) is 0 Å². The first-order valence-electron chi connectivity index (χ1n) is 13.8. The fourth-order valence-electron chi connectivity index (χ4n) is 4.48. The van der Waals surface area contributed by atoms with Crippen LogP contribution >= 0.6 is 11.6 Å². The number of sulfonamides is 1. The highest BCUT2D eigenvalue weighted by Crippen LogP contribution is 2.22. The molecule has 9 heteroatoms. The fraction of sp³-hybridized carbons (Fsp3) is 0.375. The molecule has 0 spiro atoms. The highest BCUT2D eigenvalue weighted by Gasteiger charge is 2.30. The van der Waals surface area contributed by atoms with Crippen LogP contribution in [0, 0.1) is 12.8 Å². The third-order valence-electron chi connectivity index (χ3n) is 6.70. The monoisotopic (exact) mass is 597 g/mol. The average molecular weight is 598 g/mol. The van der Waals surface area contributed by atoms with Crippen molar-refractivity contribution in [3.63, 3.8) is 0 Å². The summed E-state index contributed by atoms with van der Waals surface area (Å²) >= 11 is 5.99. The van der Waals surface area contributed by atoms with E-state index in [0.717, 1.165) is 22.9 Å². The minimum Gasteiger partial charge on any atom is -0.354 e. The van der Waals surface area contributed by atoms with Crippen LogP contribution in [-0.2, 0) is 32.6 Å². The lowest BCUT2D eigenvalue weighted by Crippen LogP contribution is -2.51. The molecule has 0 saturated carbocycles. The number of nitrogens with zero attached hydrogens (tertiary/aromatic N) is 2. The number of halogens is 1. The fourth-order valence-corrected chi connectivity index (χ4v) is 5.57. The lowest BCUT2D eigenvalue weighted by Gasteiger charge is -2.32. The van der Waals surface area contributed by atoms with Crippen molar-refractivity contribution in [2.75, 3.05) is 23.7 Å². The first-order valence-corrected chi connectivity index (χ1v) is 16.1. The van der Waals surface area contributed by atoms with Gasteiger partial charge in [-0.15, -0.1) is 0 Å². The van der Waals surface area contributed by atoms with E-state index in [-0.39, 0.29) is 43.7 Å². The van der Waals surface area contributed by atoms with Gasteiger partial charge in [-0.05, 0) is 54.7 Å². The van der Waals surface area contributed by atoms with Crippen molar-refractivity contribution < 1.29 is 18.0 Å². The molecule has 0 aliphatic heterocycles. The molecule has 7 nitrogen and oxygen atoms in total. The highest BCUT2D eigenvalue weighted by atomic mass is 35.5. The molecule has 0 heterocycles. The number of nitrogens with one attached hydrogen (secondary N) is 1. The van der Waals surface area contributed by atoms with Crippen LogP contribution in [0.15, 0.2) is 78.9 Å². The summed E-state index contributed by atoms with van der Waals surface area (Å²) in [7, 11) is -3.59. The second-order valence-corrected chi connectivity index (χ2v) is 13.1. The molecule has 0 unspecified atom stereocenters. The first-order chi connectivity index (χ1) is 19.4. The number of benzene rings is 3. The van der Waals surface area contributed by atoms with Gasteiger partial charge in [0, 0.05) is 37.5 Å². The lowest BCUT2D eigenvalue weighted by molar-refractivity contribution is -0.141. The van der Waals surface area contributed by atoms with Crippen LogP contribution < -0.4 is 9.62 Å². The number of carbonyl (C=O) groups is 2. The van der Waals surface area contributed by atoms with Gasteiger partial charge >= 0.3 is 0 Å². The molecule has 0 aromatic heterocycles. The average Bonchev–Trinajstić information content (AvgIpc) is 2.93. The Hall–Kier alpha value is -3.36. The van der Waals surface area contributed by atoms with Crippen LogP contribution in [0.5, 0.6) is 0 Å². The predicted molar refractivity (Wildman–Crippen MR) is 166 cm³/mol. The summed E-state index contributed by atoms with van der Waals surface area (Å²) in [6.07, 6.45) is 1.86. The van der Waals surface area contributed by atoms with Crippen molar-refractivity contribution in [3.05, 3.63) is 101 Å². The van der Waals surface area contributed by atoms with Gasteiger partial charge in [-0.3, -0.25) is 13.9 Å². The number of amides is 2. The van der Waals surface area contributed by atoms with Crippen molar-refractivity contribution in [2.45, 2.75) is 52.6 Å². The SMILES string of the molecule is Cc1ccc(CN(C(=O)CCCN(c2ccc(Cl)cc2)S(C)(=O)=O)[C@H](Cc2ccccc2)C(=O)NCC(C)C)cc1. The van der Waals surface area contributed by atoms with Gasteiger partial charge in [-0.2, -0.15) is 0 Å². The predicted octanol–water partition coefficient (Wildman–Crippen LogP) is 5.61. The van der Waals surface area contributed by atoms with E-state index >= 15 is 0 Å². The van der Waals surface area contributed by atoms with Crippen molar-refractivity contribution in [2.24, 2.45) is 5.92 Å². The van der Waals surface area contributed by atoms with E-state index in [9.17, 15) is 18.0 Å². The maximum Gasteiger partial charge on any atom is 0.243 e. The van der Waals surface area contributed by atoms with Crippen LogP contribution in [0.4, 0.5) is 5.69 Å². The number of carbonyl (C=O) groups excluding carboxylic acids is 2. The van der Waals surface area contributed by atoms with Crippen molar-refractivity contribution in [3.8, 4) is 0 Å². The number of hydrogen-bond acceptors (Lipinski definition) is 4. The standard InChI is InChI=1S/C32H40ClN3O4S/c1-24(2)22-34-32(38)30(21-26-9-6-5-7-10-26)35(23-27-14-12-25(3)13-15-27)31(37)11-8-20-36(41(4,39)40)29-18-16-28(33)17-19-29/h5-7,9-10,12-19,24,30H,8,11,20-23H2,1-4H3,(H,34,38)/t30-/m1/s1. The van der Waals surface area contributed by atoms with E-state index in [1.807, 2.05) is 75.4 Å². The van der Waals surface area contributed by atoms with Gasteiger partial charge < -0.3 is 10.2 Å². The molecule has 3 rings (SSSR count). The Labute approximate surface area is 249 Å². The van der Waals surface area contributed by atoms with Crippen LogP contribution in [0.25, 0.3) is 0 Å². The molecule has 1 N–H and O–H groups in total. The number of hydrogen-bond donors (Lipinski definition) is 1. The normalized spacial score (nSPS) is 12.1. The number of aryl methyl sites for hydroxylation is 1. The van der Waals surface area contributed by atoms with E-state index < -0.39 is 16.1 Å². The second kappa shape index (κ2) is 15.0. The third kappa shape index (κ3) is 10.2. The van der Waals surface area contributed by atoms with Crippen LogP contribution in [0.3, 0.4) is 0 Å². The molecule has 0 bridgehead atoms. The maximum absolute atomic E-state index is 13.9. The molecule has 0 fully saturated rings. The summed E-state index contributed by atoms with van der Waals surface area (Å²) in [6.45, 7) is 6.93.